The van der Waals surface area contributed by atoms with Gasteiger partial charge in [0, 0.05) is 36.6 Å². The molecular formula is C31H39N7O. The molecule has 1 aliphatic heterocycles. The first-order valence-electron chi connectivity index (χ1n) is 14.5. The highest BCUT2D eigenvalue weighted by molar-refractivity contribution is 5.86. The van der Waals surface area contributed by atoms with Gasteiger partial charge in [-0.2, -0.15) is 10.2 Å². The van der Waals surface area contributed by atoms with Crippen LogP contribution in [0.2, 0.25) is 0 Å². The zero-order valence-corrected chi connectivity index (χ0v) is 23.3. The third-order valence-electron chi connectivity index (χ3n) is 8.39. The van der Waals surface area contributed by atoms with E-state index in [1.54, 1.807) is 0 Å². The molecule has 2 aliphatic rings. The van der Waals surface area contributed by atoms with Gasteiger partial charge in [-0.3, -0.25) is 14.6 Å². The molecule has 0 bridgehead atoms. The van der Waals surface area contributed by atoms with E-state index in [1.807, 2.05) is 6.07 Å². The van der Waals surface area contributed by atoms with Crippen molar-refractivity contribution in [2.75, 3.05) is 24.5 Å². The Balaban J connectivity index is 1.25. The van der Waals surface area contributed by atoms with E-state index in [9.17, 15) is 4.79 Å². The summed E-state index contributed by atoms with van der Waals surface area (Å²) in [4.78, 5) is 22.6. The second kappa shape index (κ2) is 10.8. The van der Waals surface area contributed by atoms with Crippen molar-refractivity contribution in [3.63, 3.8) is 0 Å². The van der Waals surface area contributed by atoms with Crippen LogP contribution in [0.25, 0.3) is 10.9 Å². The maximum absolute atomic E-state index is 13.6. The Hall–Kier alpha value is -3.68. The number of H-pyrrole nitrogens is 1. The highest BCUT2D eigenvalue weighted by Crippen LogP contribution is 2.36. The number of aromatic nitrogens is 5. The topological polar surface area (TPSA) is 82.9 Å². The van der Waals surface area contributed by atoms with Crippen LogP contribution in [0.15, 0.2) is 48.5 Å². The maximum Gasteiger partial charge on any atom is 0.230 e. The Labute approximate surface area is 230 Å². The van der Waals surface area contributed by atoms with E-state index >= 15 is 0 Å². The van der Waals surface area contributed by atoms with Crippen LogP contribution < -0.4 is 4.90 Å². The van der Waals surface area contributed by atoms with E-state index in [2.05, 4.69) is 92.9 Å². The quantitative estimate of drug-likeness (QED) is 0.347. The van der Waals surface area contributed by atoms with Crippen LogP contribution >= 0.6 is 0 Å². The van der Waals surface area contributed by atoms with Crippen molar-refractivity contribution in [3.05, 3.63) is 71.4 Å². The summed E-state index contributed by atoms with van der Waals surface area (Å²) in [7, 11) is 0. The molecule has 3 heterocycles. The fourth-order valence-corrected chi connectivity index (χ4v) is 5.93. The number of nitrogens with one attached hydrogen (secondary N) is 1. The van der Waals surface area contributed by atoms with E-state index in [4.69, 9.17) is 5.10 Å². The molecule has 1 saturated carbocycles. The Morgan fingerprint density at radius 1 is 1.10 bits per heavy atom. The third-order valence-corrected chi connectivity index (χ3v) is 8.39. The third kappa shape index (κ3) is 5.16. The van der Waals surface area contributed by atoms with Crippen molar-refractivity contribution in [1.82, 2.24) is 29.9 Å². The minimum atomic E-state index is 0.0691. The standard InChI is InChI=1S/C31H39N7O/c1-4-27-26-14-13-24(18-28(26)38(35-27)23-11-8-12-23)36-15-16-37(25(20-36)17-22-9-6-5-7-10-22)30(39)19-29-32-31(21(2)3)34-33-29/h5-7,9-10,13-14,18,21,23,25H,4,8,11-12,15-17,19-20H2,1-3H3,(H,32,33,34). The predicted octanol–water partition coefficient (Wildman–Crippen LogP) is 5.07. The minimum absolute atomic E-state index is 0.0691. The summed E-state index contributed by atoms with van der Waals surface area (Å²) >= 11 is 0. The molecule has 0 spiro atoms. The number of carbonyl (C=O) groups excluding carboxylic acids is 1. The number of hydrogen-bond donors (Lipinski definition) is 1. The van der Waals surface area contributed by atoms with Gasteiger partial charge in [-0.05, 0) is 55.9 Å². The SMILES string of the molecule is CCc1nn(C2CCC2)c2cc(N3CCN(C(=O)Cc4nc(C(C)C)n[nH]4)C(Cc4ccccc4)C3)ccc12. The number of rotatable bonds is 8. The molecule has 2 aromatic heterocycles. The molecule has 1 saturated heterocycles. The lowest BCUT2D eigenvalue weighted by Gasteiger charge is -2.42. The number of anilines is 1. The zero-order chi connectivity index (χ0) is 26.9. The Kier molecular flexibility index (Phi) is 7.11. The molecule has 4 aromatic rings. The fraction of sp³-hybridized carbons (Fsp3) is 0.484. The lowest BCUT2D eigenvalue weighted by atomic mass is 9.93. The maximum atomic E-state index is 13.6. The largest absolute Gasteiger partial charge is 0.368 e. The molecule has 6 rings (SSSR count). The van der Waals surface area contributed by atoms with Crippen LogP contribution in [0, 0.1) is 0 Å². The number of carbonyl (C=O) groups is 1. The molecule has 2 aromatic carbocycles. The summed E-state index contributed by atoms with van der Waals surface area (Å²) in [6.45, 7) is 8.58. The van der Waals surface area contributed by atoms with Gasteiger partial charge in [0.2, 0.25) is 5.91 Å². The van der Waals surface area contributed by atoms with Crippen LogP contribution in [-0.4, -0.2) is 61.4 Å². The predicted molar refractivity (Wildman–Crippen MR) is 154 cm³/mol. The molecule has 1 atom stereocenters. The van der Waals surface area contributed by atoms with Gasteiger partial charge in [0.15, 0.2) is 5.82 Å². The average Bonchev–Trinajstić information content (AvgIpc) is 3.53. The molecule has 39 heavy (non-hydrogen) atoms. The first-order chi connectivity index (χ1) is 19.0. The first kappa shape index (κ1) is 25.6. The zero-order valence-electron chi connectivity index (χ0n) is 23.3. The monoisotopic (exact) mass is 525 g/mol. The van der Waals surface area contributed by atoms with Gasteiger partial charge in [-0.15, -0.1) is 0 Å². The highest BCUT2D eigenvalue weighted by atomic mass is 16.2. The number of nitrogens with zero attached hydrogens (tertiary/aromatic N) is 6. The number of piperazine rings is 1. The van der Waals surface area contributed by atoms with Crippen LogP contribution in [0.5, 0.6) is 0 Å². The molecule has 0 radical (unpaired) electrons. The van der Waals surface area contributed by atoms with Crippen molar-refractivity contribution < 1.29 is 4.79 Å². The fourth-order valence-electron chi connectivity index (χ4n) is 5.93. The number of hydrogen-bond acceptors (Lipinski definition) is 5. The summed E-state index contributed by atoms with van der Waals surface area (Å²) < 4.78 is 2.28. The molecule has 1 amide bonds. The molecular weight excluding hydrogens is 486 g/mol. The normalized spacial score (nSPS) is 18.2. The van der Waals surface area contributed by atoms with Crippen LogP contribution in [-0.2, 0) is 24.1 Å². The summed E-state index contributed by atoms with van der Waals surface area (Å²) in [6.07, 6.45) is 5.73. The number of aryl methyl sites for hydroxylation is 1. The van der Waals surface area contributed by atoms with Gasteiger partial charge in [-0.25, -0.2) is 4.98 Å². The smallest absolute Gasteiger partial charge is 0.230 e. The van der Waals surface area contributed by atoms with Crippen LogP contribution in [0.4, 0.5) is 5.69 Å². The Morgan fingerprint density at radius 3 is 2.62 bits per heavy atom. The average molecular weight is 526 g/mol. The molecule has 204 valence electrons. The Bertz CT molecular complexity index is 1440. The van der Waals surface area contributed by atoms with E-state index in [0.29, 0.717) is 18.4 Å². The van der Waals surface area contributed by atoms with Gasteiger partial charge in [0.1, 0.15) is 5.82 Å². The lowest BCUT2D eigenvalue weighted by molar-refractivity contribution is -0.133. The second-order valence-corrected chi connectivity index (χ2v) is 11.4. The highest BCUT2D eigenvalue weighted by Gasteiger charge is 2.32. The van der Waals surface area contributed by atoms with E-state index in [-0.39, 0.29) is 24.3 Å². The van der Waals surface area contributed by atoms with Crippen molar-refractivity contribution in [1.29, 1.82) is 0 Å². The first-order valence-corrected chi connectivity index (χ1v) is 14.5. The Morgan fingerprint density at radius 2 is 1.92 bits per heavy atom. The second-order valence-electron chi connectivity index (χ2n) is 11.4. The van der Waals surface area contributed by atoms with E-state index in [1.165, 1.54) is 47.1 Å². The van der Waals surface area contributed by atoms with Crippen molar-refractivity contribution in [3.8, 4) is 0 Å². The summed E-state index contributed by atoms with van der Waals surface area (Å²) in [5, 5.41) is 13.5. The number of aromatic amines is 1. The molecule has 1 unspecified atom stereocenters. The van der Waals surface area contributed by atoms with Gasteiger partial charge in [0.25, 0.3) is 0 Å². The van der Waals surface area contributed by atoms with Crippen molar-refractivity contribution in [2.45, 2.75) is 77.3 Å². The number of amides is 1. The molecule has 1 aliphatic carbocycles. The van der Waals surface area contributed by atoms with Crippen LogP contribution in [0.3, 0.4) is 0 Å². The minimum Gasteiger partial charge on any atom is -0.368 e. The van der Waals surface area contributed by atoms with Gasteiger partial charge in [-0.1, -0.05) is 51.1 Å². The molecule has 1 N–H and O–H groups in total. The summed E-state index contributed by atoms with van der Waals surface area (Å²) in [5.74, 6) is 1.73. The van der Waals surface area contributed by atoms with Gasteiger partial charge >= 0.3 is 0 Å². The molecule has 8 nitrogen and oxygen atoms in total. The number of benzene rings is 2. The van der Waals surface area contributed by atoms with E-state index in [0.717, 1.165) is 31.8 Å². The van der Waals surface area contributed by atoms with Crippen molar-refractivity contribution >= 4 is 22.5 Å². The van der Waals surface area contributed by atoms with E-state index < -0.39 is 0 Å². The lowest BCUT2D eigenvalue weighted by Crippen LogP contribution is -2.56. The molecule has 8 heteroatoms. The van der Waals surface area contributed by atoms with Crippen molar-refractivity contribution in [2.24, 2.45) is 0 Å². The van der Waals surface area contributed by atoms with Gasteiger partial charge in [0.05, 0.1) is 29.7 Å². The van der Waals surface area contributed by atoms with Crippen LogP contribution in [0.1, 0.15) is 74.9 Å². The molecule has 2 fully saturated rings. The summed E-state index contributed by atoms with van der Waals surface area (Å²) in [5.41, 5.74) is 4.90. The summed E-state index contributed by atoms with van der Waals surface area (Å²) in [6, 6.07) is 17.9. The number of fused-ring (bicyclic) bond motifs is 1. The van der Waals surface area contributed by atoms with Gasteiger partial charge < -0.3 is 9.80 Å².